The molecule has 0 aromatic heterocycles. The van der Waals surface area contributed by atoms with E-state index in [0.29, 0.717) is 10.6 Å². The van der Waals surface area contributed by atoms with Gasteiger partial charge in [0.15, 0.2) is 0 Å². The number of hydrogen-bond acceptors (Lipinski definition) is 3. The van der Waals surface area contributed by atoms with Crippen molar-refractivity contribution in [1.82, 2.24) is 5.43 Å². The summed E-state index contributed by atoms with van der Waals surface area (Å²) in [6, 6.07) is 13.2. The molecule has 21 heavy (non-hydrogen) atoms. The third kappa shape index (κ3) is 5.57. The molecule has 0 aliphatic carbocycles. The van der Waals surface area contributed by atoms with Crippen molar-refractivity contribution in [2.24, 2.45) is 5.10 Å². The lowest BCUT2D eigenvalue weighted by Crippen LogP contribution is -2.19. The third-order valence-electron chi connectivity index (χ3n) is 2.44. The van der Waals surface area contributed by atoms with E-state index in [4.69, 9.17) is 11.6 Å². The number of nitrogens with one attached hydrogen (secondary N) is 1. The van der Waals surface area contributed by atoms with Crippen molar-refractivity contribution in [1.29, 1.82) is 0 Å². The standard InChI is InChI=1S/C15H12ClFN2OS/c16-12-4-6-14(7-5-12)21-10-15(20)19-18-9-11-2-1-3-13(17)8-11/h1-9H,10H2,(H,19,20)/b18-9+. The predicted molar refractivity (Wildman–Crippen MR) is 84.3 cm³/mol. The second-order valence-electron chi connectivity index (χ2n) is 4.09. The number of nitrogens with zero attached hydrogens (tertiary/aromatic N) is 1. The van der Waals surface area contributed by atoms with E-state index in [1.165, 1.54) is 30.1 Å². The monoisotopic (exact) mass is 322 g/mol. The number of thioether (sulfide) groups is 1. The van der Waals surface area contributed by atoms with Crippen LogP contribution in [0.2, 0.25) is 5.02 Å². The number of amides is 1. The number of carbonyl (C=O) groups is 1. The summed E-state index contributed by atoms with van der Waals surface area (Å²) in [6.07, 6.45) is 1.40. The summed E-state index contributed by atoms with van der Waals surface area (Å²) < 4.78 is 12.9. The van der Waals surface area contributed by atoms with E-state index in [1.54, 1.807) is 24.3 Å². The van der Waals surface area contributed by atoms with Crippen LogP contribution in [0.1, 0.15) is 5.56 Å². The number of carbonyl (C=O) groups excluding carboxylic acids is 1. The van der Waals surface area contributed by atoms with E-state index in [-0.39, 0.29) is 17.5 Å². The Morgan fingerprint density at radius 3 is 2.76 bits per heavy atom. The van der Waals surface area contributed by atoms with Crippen molar-refractivity contribution < 1.29 is 9.18 Å². The van der Waals surface area contributed by atoms with Gasteiger partial charge >= 0.3 is 0 Å². The van der Waals surface area contributed by atoms with E-state index in [2.05, 4.69) is 10.5 Å². The van der Waals surface area contributed by atoms with Crippen LogP contribution in [0.4, 0.5) is 4.39 Å². The first kappa shape index (κ1) is 15.5. The molecule has 0 saturated carbocycles. The molecule has 0 aliphatic heterocycles. The Labute approximate surface area is 131 Å². The maximum absolute atomic E-state index is 12.9. The molecule has 0 saturated heterocycles. The highest BCUT2D eigenvalue weighted by atomic mass is 35.5. The first-order valence-corrected chi connectivity index (χ1v) is 7.46. The molecular weight excluding hydrogens is 311 g/mol. The van der Waals surface area contributed by atoms with Crippen LogP contribution in [-0.4, -0.2) is 17.9 Å². The summed E-state index contributed by atoms with van der Waals surface area (Å²) in [5.41, 5.74) is 2.98. The van der Waals surface area contributed by atoms with E-state index in [9.17, 15) is 9.18 Å². The highest BCUT2D eigenvalue weighted by Crippen LogP contribution is 2.19. The van der Waals surface area contributed by atoms with Gasteiger partial charge in [-0.1, -0.05) is 23.7 Å². The van der Waals surface area contributed by atoms with E-state index < -0.39 is 0 Å². The lowest BCUT2D eigenvalue weighted by molar-refractivity contribution is -0.118. The minimum Gasteiger partial charge on any atom is -0.272 e. The smallest absolute Gasteiger partial charge is 0.250 e. The zero-order chi connectivity index (χ0) is 15.1. The van der Waals surface area contributed by atoms with Crippen LogP contribution in [0.3, 0.4) is 0 Å². The highest BCUT2D eigenvalue weighted by Gasteiger charge is 2.01. The third-order valence-corrected chi connectivity index (χ3v) is 3.70. The Morgan fingerprint density at radius 1 is 1.29 bits per heavy atom. The zero-order valence-electron chi connectivity index (χ0n) is 10.9. The molecule has 0 spiro atoms. The summed E-state index contributed by atoms with van der Waals surface area (Å²) in [4.78, 5) is 12.5. The molecule has 0 atom stereocenters. The van der Waals surface area contributed by atoms with Crippen LogP contribution in [0, 0.1) is 5.82 Å². The molecule has 1 amide bonds. The predicted octanol–water partition coefficient (Wildman–Crippen LogP) is 3.72. The topological polar surface area (TPSA) is 41.5 Å². The largest absolute Gasteiger partial charge is 0.272 e. The number of hydrogen-bond donors (Lipinski definition) is 1. The average Bonchev–Trinajstić information content (AvgIpc) is 2.47. The minimum absolute atomic E-state index is 0.234. The molecule has 0 radical (unpaired) electrons. The SMILES string of the molecule is O=C(CSc1ccc(Cl)cc1)N/N=C/c1cccc(F)c1. The maximum atomic E-state index is 12.9. The summed E-state index contributed by atoms with van der Waals surface area (Å²) in [5, 5.41) is 4.44. The Bertz CT molecular complexity index is 646. The fourth-order valence-electron chi connectivity index (χ4n) is 1.48. The molecule has 1 N–H and O–H groups in total. The second kappa shape index (κ2) is 7.81. The summed E-state index contributed by atoms with van der Waals surface area (Å²) in [5.74, 6) is -0.339. The van der Waals surface area contributed by atoms with Gasteiger partial charge in [0, 0.05) is 9.92 Å². The molecule has 0 bridgehead atoms. The molecule has 2 aromatic carbocycles. The van der Waals surface area contributed by atoms with Crippen molar-refractivity contribution in [2.45, 2.75) is 4.90 Å². The second-order valence-corrected chi connectivity index (χ2v) is 5.58. The van der Waals surface area contributed by atoms with Gasteiger partial charge in [-0.25, -0.2) is 9.82 Å². The first-order chi connectivity index (χ1) is 10.1. The Hall–Kier alpha value is -1.85. The molecule has 0 unspecified atom stereocenters. The van der Waals surface area contributed by atoms with Crippen LogP contribution in [0.5, 0.6) is 0 Å². The lowest BCUT2D eigenvalue weighted by Gasteiger charge is -2.01. The number of rotatable bonds is 5. The van der Waals surface area contributed by atoms with Gasteiger partial charge in [0.1, 0.15) is 5.82 Å². The van der Waals surface area contributed by atoms with E-state index in [1.807, 2.05) is 12.1 Å². The molecule has 108 valence electrons. The van der Waals surface area contributed by atoms with Gasteiger partial charge in [-0.2, -0.15) is 5.10 Å². The molecule has 3 nitrogen and oxygen atoms in total. The molecule has 0 heterocycles. The molecule has 6 heteroatoms. The summed E-state index contributed by atoms with van der Waals surface area (Å²) in [6.45, 7) is 0. The van der Waals surface area contributed by atoms with E-state index >= 15 is 0 Å². The maximum Gasteiger partial charge on any atom is 0.250 e. The quantitative estimate of drug-likeness (QED) is 0.518. The molecule has 0 aliphatic rings. The van der Waals surface area contributed by atoms with Crippen LogP contribution >= 0.6 is 23.4 Å². The molecule has 2 aromatic rings. The van der Waals surface area contributed by atoms with Gasteiger partial charge in [-0.15, -0.1) is 11.8 Å². The van der Waals surface area contributed by atoms with Gasteiger partial charge in [0.05, 0.1) is 12.0 Å². The van der Waals surface area contributed by atoms with Gasteiger partial charge in [-0.3, -0.25) is 4.79 Å². The van der Waals surface area contributed by atoms with Crippen molar-refractivity contribution >= 4 is 35.5 Å². The average molecular weight is 323 g/mol. The summed E-state index contributed by atoms with van der Waals surface area (Å²) in [7, 11) is 0. The van der Waals surface area contributed by atoms with Crippen LogP contribution in [0.15, 0.2) is 58.5 Å². The lowest BCUT2D eigenvalue weighted by atomic mass is 10.2. The van der Waals surface area contributed by atoms with Crippen LogP contribution in [-0.2, 0) is 4.79 Å². The Balaban J connectivity index is 1.78. The van der Waals surface area contributed by atoms with Crippen LogP contribution < -0.4 is 5.43 Å². The van der Waals surface area contributed by atoms with Gasteiger partial charge in [0.2, 0.25) is 5.91 Å². The van der Waals surface area contributed by atoms with Gasteiger partial charge in [-0.05, 0) is 42.0 Å². The normalized spacial score (nSPS) is 10.8. The van der Waals surface area contributed by atoms with Crippen LogP contribution in [0.25, 0.3) is 0 Å². The molecule has 0 fully saturated rings. The van der Waals surface area contributed by atoms with Crippen molar-refractivity contribution in [3.8, 4) is 0 Å². The minimum atomic E-state index is -0.344. The fraction of sp³-hybridized carbons (Fsp3) is 0.0667. The number of halogens is 2. The molecule has 2 rings (SSSR count). The number of benzene rings is 2. The fourth-order valence-corrected chi connectivity index (χ4v) is 2.29. The van der Waals surface area contributed by atoms with Crippen molar-refractivity contribution in [2.75, 3.05) is 5.75 Å². The molecular formula is C15H12ClFN2OS. The van der Waals surface area contributed by atoms with Gasteiger partial charge < -0.3 is 0 Å². The zero-order valence-corrected chi connectivity index (χ0v) is 12.5. The Morgan fingerprint density at radius 2 is 2.05 bits per heavy atom. The van der Waals surface area contributed by atoms with Gasteiger partial charge in [0.25, 0.3) is 0 Å². The van der Waals surface area contributed by atoms with E-state index in [0.717, 1.165) is 4.90 Å². The number of hydrazone groups is 1. The highest BCUT2D eigenvalue weighted by molar-refractivity contribution is 8.00. The van der Waals surface area contributed by atoms with Crippen molar-refractivity contribution in [3.63, 3.8) is 0 Å². The Kier molecular flexibility index (Phi) is 5.78. The summed E-state index contributed by atoms with van der Waals surface area (Å²) >= 11 is 7.16. The first-order valence-electron chi connectivity index (χ1n) is 6.09. The van der Waals surface area contributed by atoms with Crippen molar-refractivity contribution in [3.05, 3.63) is 64.9 Å².